The van der Waals surface area contributed by atoms with Crippen LogP contribution in [0.5, 0.6) is 0 Å². The van der Waals surface area contributed by atoms with E-state index in [1.54, 1.807) is 0 Å². The summed E-state index contributed by atoms with van der Waals surface area (Å²) in [5.41, 5.74) is 4.04. The Morgan fingerprint density at radius 3 is 2.38 bits per heavy atom. The molecule has 0 aliphatic rings. The zero-order valence-corrected chi connectivity index (χ0v) is 10.6. The third-order valence-corrected chi connectivity index (χ3v) is 3.19. The largest absolute Gasteiger partial charge is 0.298 e. The molecule has 0 aromatic heterocycles. The molecule has 0 fully saturated rings. The summed E-state index contributed by atoms with van der Waals surface area (Å²) in [7, 11) is 2.08. The minimum atomic E-state index is 0.309. The molecule has 16 heavy (non-hydrogen) atoms. The Morgan fingerprint density at radius 2 is 1.88 bits per heavy atom. The van der Waals surface area contributed by atoms with Gasteiger partial charge < -0.3 is 0 Å². The van der Waals surface area contributed by atoms with Gasteiger partial charge in [0, 0.05) is 12.6 Å². The maximum atomic E-state index is 8.68. The van der Waals surface area contributed by atoms with Crippen LogP contribution in [0.4, 0.5) is 0 Å². The molecule has 0 heterocycles. The molecule has 2 heteroatoms. The summed E-state index contributed by atoms with van der Waals surface area (Å²) < 4.78 is 0. The zero-order chi connectivity index (χ0) is 12.1. The summed E-state index contributed by atoms with van der Waals surface area (Å²) in [6.07, 6.45) is 0.585. The Hall–Kier alpha value is -1.33. The van der Waals surface area contributed by atoms with Crippen LogP contribution in [0, 0.1) is 25.2 Å². The van der Waals surface area contributed by atoms with Gasteiger partial charge >= 0.3 is 0 Å². The Balaban J connectivity index is 2.77. The SMILES string of the molecule is Cc1cccc(C)c1CN(C)[C@H](C)CC#N. The van der Waals surface area contributed by atoms with Crippen LogP contribution in [-0.2, 0) is 6.54 Å². The molecule has 0 unspecified atom stereocenters. The van der Waals surface area contributed by atoms with Crippen LogP contribution in [-0.4, -0.2) is 18.0 Å². The molecule has 0 spiro atoms. The molecule has 0 amide bonds. The van der Waals surface area contributed by atoms with Gasteiger partial charge in [-0.25, -0.2) is 0 Å². The molecule has 0 bridgehead atoms. The van der Waals surface area contributed by atoms with Gasteiger partial charge in [0.1, 0.15) is 0 Å². The van der Waals surface area contributed by atoms with Crippen LogP contribution in [0.3, 0.4) is 0 Å². The number of nitrogens with zero attached hydrogens (tertiary/aromatic N) is 2. The number of nitriles is 1. The summed E-state index contributed by atoms with van der Waals surface area (Å²) in [4.78, 5) is 2.23. The molecule has 0 saturated carbocycles. The molecule has 0 aliphatic heterocycles. The smallest absolute Gasteiger partial charge is 0.0638 e. The molecule has 1 aromatic rings. The van der Waals surface area contributed by atoms with Gasteiger partial charge in [0.2, 0.25) is 0 Å². The quantitative estimate of drug-likeness (QED) is 0.773. The Labute approximate surface area is 98.5 Å². The average molecular weight is 216 g/mol. The highest BCUT2D eigenvalue weighted by Gasteiger charge is 2.11. The van der Waals surface area contributed by atoms with Crippen molar-refractivity contribution >= 4 is 0 Å². The number of benzene rings is 1. The van der Waals surface area contributed by atoms with Crippen molar-refractivity contribution in [2.75, 3.05) is 7.05 Å². The van der Waals surface area contributed by atoms with E-state index in [-0.39, 0.29) is 0 Å². The molecule has 1 atom stereocenters. The van der Waals surface area contributed by atoms with Gasteiger partial charge in [-0.3, -0.25) is 4.90 Å². The molecular formula is C14H20N2. The minimum absolute atomic E-state index is 0.309. The van der Waals surface area contributed by atoms with Gasteiger partial charge in [0.15, 0.2) is 0 Å². The van der Waals surface area contributed by atoms with E-state index in [1.807, 2.05) is 0 Å². The number of hydrogen-bond donors (Lipinski definition) is 0. The van der Waals surface area contributed by atoms with Crippen molar-refractivity contribution in [3.05, 3.63) is 34.9 Å². The van der Waals surface area contributed by atoms with Crippen LogP contribution in [0.25, 0.3) is 0 Å². The van der Waals surface area contributed by atoms with E-state index in [9.17, 15) is 0 Å². The monoisotopic (exact) mass is 216 g/mol. The van der Waals surface area contributed by atoms with Crippen molar-refractivity contribution < 1.29 is 0 Å². The fraction of sp³-hybridized carbons (Fsp3) is 0.500. The van der Waals surface area contributed by atoms with Crippen LogP contribution in [0.1, 0.15) is 30.0 Å². The normalized spacial score (nSPS) is 12.5. The molecule has 86 valence electrons. The lowest BCUT2D eigenvalue weighted by molar-refractivity contribution is 0.251. The second-order valence-electron chi connectivity index (χ2n) is 4.50. The lowest BCUT2D eigenvalue weighted by Crippen LogP contribution is -2.28. The molecule has 1 aromatic carbocycles. The molecule has 1 rings (SSSR count). The van der Waals surface area contributed by atoms with Crippen molar-refractivity contribution in [2.45, 2.75) is 39.8 Å². The van der Waals surface area contributed by atoms with Crippen molar-refractivity contribution in [3.63, 3.8) is 0 Å². The first-order chi connectivity index (χ1) is 7.56. The Bertz CT molecular complexity index is 370. The predicted octanol–water partition coefficient (Wildman–Crippen LogP) is 3.04. The average Bonchev–Trinajstić information content (AvgIpc) is 2.23. The summed E-state index contributed by atoms with van der Waals surface area (Å²) in [5.74, 6) is 0. The molecule has 2 nitrogen and oxygen atoms in total. The number of aryl methyl sites for hydroxylation is 2. The highest BCUT2D eigenvalue weighted by atomic mass is 15.1. The van der Waals surface area contributed by atoms with Gasteiger partial charge in [0.05, 0.1) is 12.5 Å². The maximum Gasteiger partial charge on any atom is 0.0638 e. The molecule has 0 radical (unpaired) electrons. The summed E-state index contributed by atoms with van der Waals surface area (Å²) in [6, 6.07) is 8.91. The predicted molar refractivity (Wildman–Crippen MR) is 67.1 cm³/mol. The number of hydrogen-bond acceptors (Lipinski definition) is 2. The Morgan fingerprint density at radius 1 is 1.31 bits per heavy atom. The lowest BCUT2D eigenvalue weighted by atomic mass is 10.0. The van der Waals surface area contributed by atoms with Crippen LogP contribution in [0.2, 0.25) is 0 Å². The van der Waals surface area contributed by atoms with Gasteiger partial charge in [-0.1, -0.05) is 18.2 Å². The van der Waals surface area contributed by atoms with Crippen molar-refractivity contribution in [1.29, 1.82) is 5.26 Å². The second kappa shape index (κ2) is 5.67. The summed E-state index contributed by atoms with van der Waals surface area (Å²) in [5, 5.41) is 8.68. The Kier molecular flexibility index (Phi) is 4.52. The fourth-order valence-corrected chi connectivity index (χ4v) is 1.79. The van der Waals surface area contributed by atoms with E-state index in [1.165, 1.54) is 16.7 Å². The van der Waals surface area contributed by atoms with E-state index in [0.29, 0.717) is 12.5 Å². The lowest BCUT2D eigenvalue weighted by Gasteiger charge is -2.24. The molecule has 0 N–H and O–H groups in total. The van der Waals surface area contributed by atoms with E-state index in [0.717, 1.165) is 6.54 Å². The molecule has 0 saturated heterocycles. The fourth-order valence-electron chi connectivity index (χ4n) is 1.79. The van der Waals surface area contributed by atoms with E-state index in [4.69, 9.17) is 5.26 Å². The summed E-state index contributed by atoms with van der Waals surface area (Å²) in [6.45, 7) is 7.30. The molecular weight excluding hydrogens is 196 g/mol. The zero-order valence-electron chi connectivity index (χ0n) is 10.6. The van der Waals surface area contributed by atoms with Crippen molar-refractivity contribution in [3.8, 4) is 6.07 Å². The third-order valence-electron chi connectivity index (χ3n) is 3.19. The maximum absolute atomic E-state index is 8.68. The highest BCUT2D eigenvalue weighted by Crippen LogP contribution is 2.16. The van der Waals surface area contributed by atoms with E-state index in [2.05, 4.69) is 57.0 Å². The highest BCUT2D eigenvalue weighted by molar-refractivity contribution is 5.33. The standard InChI is InChI=1S/C14H20N2/c1-11-6-5-7-12(2)14(11)10-16(4)13(3)8-9-15/h5-7,13H,8,10H2,1-4H3/t13-/m1/s1. The first-order valence-electron chi connectivity index (χ1n) is 5.68. The third kappa shape index (κ3) is 3.08. The molecule has 0 aliphatic carbocycles. The van der Waals surface area contributed by atoms with Gasteiger partial charge in [-0.15, -0.1) is 0 Å². The minimum Gasteiger partial charge on any atom is -0.298 e. The second-order valence-corrected chi connectivity index (χ2v) is 4.50. The first-order valence-corrected chi connectivity index (χ1v) is 5.68. The van der Waals surface area contributed by atoms with E-state index < -0.39 is 0 Å². The van der Waals surface area contributed by atoms with Crippen LogP contribution >= 0.6 is 0 Å². The van der Waals surface area contributed by atoms with Gasteiger partial charge in [-0.05, 0) is 44.5 Å². The van der Waals surface area contributed by atoms with Crippen molar-refractivity contribution in [1.82, 2.24) is 4.90 Å². The van der Waals surface area contributed by atoms with E-state index >= 15 is 0 Å². The topological polar surface area (TPSA) is 27.0 Å². The van der Waals surface area contributed by atoms with Gasteiger partial charge in [0.25, 0.3) is 0 Å². The summed E-state index contributed by atoms with van der Waals surface area (Å²) >= 11 is 0. The van der Waals surface area contributed by atoms with Gasteiger partial charge in [-0.2, -0.15) is 5.26 Å². The first kappa shape index (κ1) is 12.7. The van der Waals surface area contributed by atoms with Crippen molar-refractivity contribution in [2.24, 2.45) is 0 Å². The van der Waals surface area contributed by atoms with Crippen LogP contribution < -0.4 is 0 Å². The van der Waals surface area contributed by atoms with Crippen LogP contribution in [0.15, 0.2) is 18.2 Å². The number of rotatable bonds is 4.